The molecule has 0 spiro atoms. The smallest absolute Gasteiger partial charge is 0.418 e. The molecule has 1 N–H and O–H groups in total. The van der Waals surface area contributed by atoms with Gasteiger partial charge in [0.2, 0.25) is 5.82 Å². The van der Waals surface area contributed by atoms with Crippen molar-refractivity contribution in [1.29, 1.82) is 0 Å². The highest BCUT2D eigenvalue weighted by molar-refractivity contribution is 6.33. The van der Waals surface area contributed by atoms with Crippen LogP contribution in [-0.4, -0.2) is 22.7 Å². The fraction of sp³-hybridized carbons (Fsp3) is 0.167. The first-order valence-corrected chi connectivity index (χ1v) is 8.13. The van der Waals surface area contributed by atoms with E-state index in [0.29, 0.717) is 22.1 Å². The Hall–Kier alpha value is -2.86. The molecule has 6 nitrogen and oxygen atoms in total. The Bertz CT molecular complexity index is 862. The molecule has 0 fully saturated rings. The Morgan fingerprint density at radius 2 is 1.96 bits per heavy atom. The van der Waals surface area contributed by atoms with Crippen LogP contribution in [0.4, 0.5) is 5.69 Å². The van der Waals surface area contributed by atoms with E-state index < -0.39 is 0 Å². The number of amides is 1. The number of aromatic nitrogens is 2. The number of carbonyl (C=O) groups excluding carboxylic acids is 1. The predicted octanol–water partition coefficient (Wildman–Crippen LogP) is 3.97. The highest BCUT2D eigenvalue weighted by Gasteiger charge is 2.13. The molecule has 0 aliphatic carbocycles. The molecule has 25 heavy (non-hydrogen) atoms. The van der Waals surface area contributed by atoms with Gasteiger partial charge in [-0.05, 0) is 36.2 Å². The van der Waals surface area contributed by atoms with Crippen LogP contribution >= 0.6 is 11.6 Å². The molecule has 0 aliphatic rings. The number of carbonyl (C=O) groups is 1. The molecule has 0 saturated carbocycles. The second-order valence-corrected chi connectivity index (χ2v) is 5.66. The maximum absolute atomic E-state index is 11.9. The normalized spacial score (nSPS) is 10.5. The fourth-order valence-corrected chi connectivity index (χ4v) is 2.39. The number of ether oxygens (including phenoxy) is 1. The van der Waals surface area contributed by atoms with Crippen LogP contribution in [0.15, 0.2) is 53.1 Å². The quantitative estimate of drug-likeness (QED) is 0.722. The SMILES string of the molecule is CCc1ccc(NC(=O)COc2nc(-c3ccccc3Cl)no2)cc1. The summed E-state index contributed by atoms with van der Waals surface area (Å²) < 4.78 is 10.2. The minimum Gasteiger partial charge on any atom is -0.439 e. The third kappa shape index (κ3) is 4.36. The first-order valence-electron chi connectivity index (χ1n) is 7.76. The summed E-state index contributed by atoms with van der Waals surface area (Å²) in [5.74, 6) is -0.0158. The van der Waals surface area contributed by atoms with Gasteiger partial charge in [0.15, 0.2) is 6.61 Å². The van der Waals surface area contributed by atoms with Crippen molar-refractivity contribution in [2.75, 3.05) is 11.9 Å². The van der Waals surface area contributed by atoms with E-state index in [9.17, 15) is 4.79 Å². The standard InChI is InChI=1S/C18H16ClN3O3/c1-2-12-7-9-13(10-8-12)20-16(23)11-24-18-21-17(22-25-18)14-5-3-4-6-15(14)19/h3-10H,2,11H2,1H3,(H,20,23). The number of aryl methyl sites for hydroxylation is 1. The molecule has 0 radical (unpaired) electrons. The van der Waals surface area contributed by atoms with E-state index in [-0.39, 0.29) is 18.6 Å². The molecule has 1 amide bonds. The van der Waals surface area contributed by atoms with E-state index in [1.807, 2.05) is 30.3 Å². The average molecular weight is 358 g/mol. The number of hydrogen-bond acceptors (Lipinski definition) is 5. The molecule has 3 rings (SSSR count). The van der Waals surface area contributed by atoms with Crippen molar-refractivity contribution in [3.05, 3.63) is 59.1 Å². The van der Waals surface area contributed by atoms with Crippen LogP contribution in [0.1, 0.15) is 12.5 Å². The van der Waals surface area contributed by atoms with E-state index in [0.717, 1.165) is 6.42 Å². The maximum atomic E-state index is 11.9. The van der Waals surface area contributed by atoms with Gasteiger partial charge in [0.05, 0.1) is 5.02 Å². The topological polar surface area (TPSA) is 77.2 Å². The number of benzene rings is 2. The number of nitrogens with one attached hydrogen (secondary N) is 1. The van der Waals surface area contributed by atoms with E-state index >= 15 is 0 Å². The lowest BCUT2D eigenvalue weighted by Gasteiger charge is -2.05. The molecular formula is C18H16ClN3O3. The van der Waals surface area contributed by atoms with Crippen molar-refractivity contribution in [2.45, 2.75) is 13.3 Å². The second kappa shape index (κ2) is 7.81. The lowest BCUT2D eigenvalue weighted by atomic mass is 10.1. The number of halogens is 1. The van der Waals surface area contributed by atoms with E-state index in [4.69, 9.17) is 20.9 Å². The molecule has 1 heterocycles. The molecule has 3 aromatic rings. The zero-order chi connectivity index (χ0) is 17.6. The van der Waals surface area contributed by atoms with Gasteiger partial charge in [0.25, 0.3) is 5.91 Å². The molecule has 128 valence electrons. The molecular weight excluding hydrogens is 342 g/mol. The minimum absolute atomic E-state index is 0.0913. The first kappa shape index (κ1) is 17.0. The monoisotopic (exact) mass is 357 g/mol. The minimum atomic E-state index is -0.318. The first-order chi connectivity index (χ1) is 12.2. The summed E-state index contributed by atoms with van der Waals surface area (Å²) in [6.07, 6.45) is 0.855. The van der Waals surface area contributed by atoms with Gasteiger partial charge in [-0.1, -0.05) is 47.9 Å². The summed E-state index contributed by atoms with van der Waals surface area (Å²) >= 11 is 6.08. The van der Waals surface area contributed by atoms with Crippen molar-refractivity contribution < 1.29 is 14.1 Å². The molecule has 2 aromatic carbocycles. The van der Waals surface area contributed by atoms with Gasteiger partial charge in [-0.2, -0.15) is 4.98 Å². The van der Waals surface area contributed by atoms with Crippen LogP contribution in [0.2, 0.25) is 5.02 Å². The fourth-order valence-electron chi connectivity index (χ4n) is 2.17. The van der Waals surface area contributed by atoms with Crippen molar-refractivity contribution in [1.82, 2.24) is 10.1 Å². The van der Waals surface area contributed by atoms with E-state index in [1.165, 1.54) is 5.56 Å². The van der Waals surface area contributed by atoms with Crippen LogP contribution < -0.4 is 10.1 Å². The second-order valence-electron chi connectivity index (χ2n) is 5.25. The molecule has 0 bridgehead atoms. The molecule has 0 saturated heterocycles. The van der Waals surface area contributed by atoms with Crippen LogP contribution in [0.5, 0.6) is 6.08 Å². The van der Waals surface area contributed by atoms with Crippen molar-refractivity contribution in [2.24, 2.45) is 0 Å². The average Bonchev–Trinajstić information content (AvgIpc) is 3.10. The Morgan fingerprint density at radius 1 is 1.20 bits per heavy atom. The molecule has 0 aliphatic heterocycles. The largest absolute Gasteiger partial charge is 0.439 e. The summed E-state index contributed by atoms with van der Waals surface area (Å²) in [5, 5.41) is 7.04. The van der Waals surface area contributed by atoms with Crippen molar-refractivity contribution in [3.8, 4) is 17.5 Å². The number of nitrogens with zero attached hydrogens (tertiary/aromatic N) is 2. The maximum Gasteiger partial charge on any atom is 0.418 e. The Kier molecular flexibility index (Phi) is 5.30. The Morgan fingerprint density at radius 3 is 2.68 bits per heavy atom. The molecule has 7 heteroatoms. The molecule has 1 aromatic heterocycles. The van der Waals surface area contributed by atoms with Gasteiger partial charge in [-0.15, -0.1) is 0 Å². The van der Waals surface area contributed by atoms with Gasteiger partial charge in [0.1, 0.15) is 0 Å². The lowest BCUT2D eigenvalue weighted by Crippen LogP contribution is -2.20. The van der Waals surface area contributed by atoms with Crippen LogP contribution in [0, 0.1) is 0 Å². The van der Waals surface area contributed by atoms with Gasteiger partial charge < -0.3 is 10.1 Å². The van der Waals surface area contributed by atoms with Gasteiger partial charge in [0, 0.05) is 11.3 Å². The van der Waals surface area contributed by atoms with Gasteiger partial charge in [-0.3, -0.25) is 9.32 Å². The summed E-state index contributed by atoms with van der Waals surface area (Å²) in [4.78, 5) is 16.0. The van der Waals surface area contributed by atoms with Gasteiger partial charge in [-0.25, -0.2) is 0 Å². The molecule has 0 atom stereocenters. The third-order valence-electron chi connectivity index (χ3n) is 3.49. The summed E-state index contributed by atoms with van der Waals surface area (Å²) in [6.45, 7) is 1.84. The van der Waals surface area contributed by atoms with E-state index in [2.05, 4.69) is 22.4 Å². The third-order valence-corrected chi connectivity index (χ3v) is 3.82. The predicted molar refractivity (Wildman–Crippen MR) is 94.7 cm³/mol. The highest BCUT2D eigenvalue weighted by atomic mass is 35.5. The van der Waals surface area contributed by atoms with E-state index in [1.54, 1.807) is 18.2 Å². The zero-order valence-corrected chi connectivity index (χ0v) is 14.3. The number of anilines is 1. The van der Waals surface area contributed by atoms with Crippen molar-refractivity contribution >= 4 is 23.2 Å². The Labute approximate surface area is 149 Å². The summed E-state index contributed by atoms with van der Waals surface area (Å²) in [5.41, 5.74) is 2.53. The number of hydrogen-bond donors (Lipinski definition) is 1. The molecule has 0 unspecified atom stereocenters. The van der Waals surface area contributed by atoms with Crippen molar-refractivity contribution in [3.63, 3.8) is 0 Å². The highest BCUT2D eigenvalue weighted by Crippen LogP contribution is 2.26. The Balaban J connectivity index is 1.56. The van der Waals surface area contributed by atoms with Crippen LogP contribution in [0.3, 0.4) is 0 Å². The summed E-state index contributed by atoms with van der Waals surface area (Å²) in [7, 11) is 0. The number of rotatable bonds is 6. The van der Waals surface area contributed by atoms with Crippen LogP contribution in [-0.2, 0) is 11.2 Å². The van der Waals surface area contributed by atoms with Crippen LogP contribution in [0.25, 0.3) is 11.4 Å². The lowest BCUT2D eigenvalue weighted by molar-refractivity contribution is -0.118. The zero-order valence-electron chi connectivity index (χ0n) is 13.5. The van der Waals surface area contributed by atoms with Gasteiger partial charge >= 0.3 is 6.08 Å². The summed E-state index contributed by atoms with van der Waals surface area (Å²) in [6, 6.07) is 14.7.